The predicted octanol–water partition coefficient (Wildman–Crippen LogP) is 3.35. The van der Waals surface area contributed by atoms with Crippen LogP contribution < -0.4 is 5.32 Å². The summed E-state index contributed by atoms with van der Waals surface area (Å²) in [6, 6.07) is 5.40. The third-order valence-electron chi connectivity index (χ3n) is 2.01. The number of hydrogen-bond acceptors (Lipinski definition) is 2. The average Bonchev–Trinajstić information content (AvgIpc) is 2.27. The van der Waals surface area contributed by atoms with Gasteiger partial charge < -0.3 is 10.1 Å². The molecule has 3 nitrogen and oxygen atoms in total. The van der Waals surface area contributed by atoms with Crippen molar-refractivity contribution >= 4 is 53.7 Å². The molecule has 0 heterocycles. The van der Waals surface area contributed by atoms with Crippen molar-refractivity contribution in [3.63, 3.8) is 0 Å². The first-order chi connectivity index (χ1) is 8.06. The first-order valence-corrected chi connectivity index (χ1v) is 7.59. The van der Waals surface area contributed by atoms with Gasteiger partial charge in [0.25, 0.3) is 5.91 Å². The Morgan fingerprint density at radius 2 is 1.94 bits per heavy atom. The van der Waals surface area contributed by atoms with Crippen molar-refractivity contribution in [3.8, 4) is 0 Å². The largest absolute Gasteiger partial charge is 0.383 e. The zero-order valence-corrected chi connectivity index (χ0v) is 13.9. The number of amides is 1. The molecule has 1 aromatic rings. The lowest BCUT2D eigenvalue weighted by molar-refractivity contribution is 0.0908. The summed E-state index contributed by atoms with van der Waals surface area (Å²) >= 11 is 10.0. The summed E-state index contributed by atoms with van der Waals surface area (Å²) in [7, 11) is 1.61. The Morgan fingerprint density at radius 3 is 2.41 bits per heavy atom. The number of benzene rings is 1. The van der Waals surface area contributed by atoms with Gasteiger partial charge in [0.15, 0.2) is 0 Å². The smallest absolute Gasteiger partial charge is 0.251 e. The van der Waals surface area contributed by atoms with Gasteiger partial charge in [-0.05, 0) is 18.2 Å². The molecule has 1 N–H and O–H groups in total. The molecule has 6 heteroatoms. The molecule has 0 aromatic heterocycles. The van der Waals surface area contributed by atoms with E-state index in [-0.39, 0.29) is 11.9 Å². The Morgan fingerprint density at radius 1 is 1.35 bits per heavy atom. The number of hydrogen-bond donors (Lipinski definition) is 1. The number of methoxy groups -OCH3 is 1. The summed E-state index contributed by atoms with van der Waals surface area (Å²) in [6.07, 6.45) is 0. The molecule has 0 fully saturated rings. The normalized spacial score (nSPS) is 12.2. The highest BCUT2D eigenvalue weighted by Crippen LogP contribution is 2.20. The molecule has 0 spiro atoms. The molecule has 0 aliphatic rings. The third-order valence-corrected chi connectivity index (χ3v) is 3.71. The lowest BCUT2D eigenvalue weighted by Gasteiger charge is -2.15. The van der Waals surface area contributed by atoms with E-state index in [1.54, 1.807) is 19.2 Å². The van der Waals surface area contributed by atoms with Crippen molar-refractivity contribution in [2.45, 2.75) is 6.04 Å². The third kappa shape index (κ3) is 5.07. The summed E-state index contributed by atoms with van der Waals surface area (Å²) in [5.74, 6) is -0.117. The molecule has 1 aromatic carbocycles. The zero-order chi connectivity index (χ0) is 12.8. The number of rotatable bonds is 5. The zero-order valence-electron chi connectivity index (χ0n) is 9.17. The number of ether oxygens (including phenoxy) is 1. The van der Waals surface area contributed by atoms with Crippen molar-refractivity contribution < 1.29 is 9.53 Å². The van der Waals surface area contributed by atoms with E-state index in [0.29, 0.717) is 17.5 Å². The van der Waals surface area contributed by atoms with E-state index in [1.165, 1.54) is 0 Å². The first kappa shape index (κ1) is 15.1. The monoisotopic (exact) mass is 427 g/mol. The minimum Gasteiger partial charge on any atom is -0.383 e. The van der Waals surface area contributed by atoms with Gasteiger partial charge in [-0.25, -0.2) is 0 Å². The standard InChI is InChI=1S/C11H12Br3NO2/c1-17-6-10(5-12)15-11(16)7-2-8(13)4-9(14)3-7/h2-4,10H,5-6H2,1H3,(H,15,16). The highest BCUT2D eigenvalue weighted by molar-refractivity contribution is 9.11. The molecule has 0 radical (unpaired) electrons. The fraction of sp³-hybridized carbons (Fsp3) is 0.364. The van der Waals surface area contributed by atoms with E-state index in [2.05, 4.69) is 53.1 Å². The van der Waals surface area contributed by atoms with Crippen molar-refractivity contribution in [1.29, 1.82) is 0 Å². The number of carbonyl (C=O) groups excluding carboxylic acids is 1. The van der Waals surface area contributed by atoms with Gasteiger partial charge in [0, 0.05) is 26.9 Å². The highest BCUT2D eigenvalue weighted by atomic mass is 79.9. The molecule has 94 valence electrons. The second-order valence-electron chi connectivity index (χ2n) is 3.44. The number of nitrogens with one attached hydrogen (secondary N) is 1. The van der Waals surface area contributed by atoms with Crippen molar-refractivity contribution in [3.05, 3.63) is 32.7 Å². The average molecular weight is 430 g/mol. The van der Waals surface area contributed by atoms with Crippen LogP contribution in [-0.4, -0.2) is 31.0 Å². The summed E-state index contributed by atoms with van der Waals surface area (Å²) < 4.78 is 6.74. The molecule has 0 saturated heterocycles. The molecule has 1 atom stereocenters. The van der Waals surface area contributed by atoms with Gasteiger partial charge in [0.1, 0.15) is 0 Å². The molecule has 17 heavy (non-hydrogen) atoms. The fourth-order valence-corrected chi connectivity index (χ4v) is 2.92. The van der Waals surface area contributed by atoms with Crippen LogP contribution in [0.3, 0.4) is 0 Å². The Labute approximate surface area is 126 Å². The van der Waals surface area contributed by atoms with E-state index >= 15 is 0 Å². The minimum atomic E-state index is -0.117. The van der Waals surface area contributed by atoms with Crippen LogP contribution in [0.5, 0.6) is 0 Å². The number of alkyl halides is 1. The van der Waals surface area contributed by atoms with Gasteiger partial charge >= 0.3 is 0 Å². The van der Waals surface area contributed by atoms with Crippen LogP contribution in [0, 0.1) is 0 Å². The summed E-state index contributed by atoms with van der Waals surface area (Å²) in [5, 5.41) is 3.54. The van der Waals surface area contributed by atoms with Crippen molar-refractivity contribution in [1.82, 2.24) is 5.32 Å². The number of carbonyl (C=O) groups is 1. The van der Waals surface area contributed by atoms with Crippen molar-refractivity contribution in [2.75, 3.05) is 19.0 Å². The topological polar surface area (TPSA) is 38.3 Å². The summed E-state index contributed by atoms with van der Waals surface area (Å²) in [5.41, 5.74) is 0.605. The van der Waals surface area contributed by atoms with Crippen LogP contribution in [0.4, 0.5) is 0 Å². The predicted molar refractivity (Wildman–Crippen MR) is 78.8 cm³/mol. The summed E-state index contributed by atoms with van der Waals surface area (Å²) in [6.45, 7) is 0.478. The molecule has 0 saturated carbocycles. The van der Waals surface area contributed by atoms with Gasteiger partial charge in [-0.3, -0.25) is 4.79 Å². The maximum absolute atomic E-state index is 12.0. The number of halogens is 3. The van der Waals surface area contributed by atoms with Gasteiger partial charge in [-0.15, -0.1) is 0 Å². The Bertz CT molecular complexity index is 378. The van der Waals surface area contributed by atoms with Crippen LogP contribution in [-0.2, 0) is 4.74 Å². The SMILES string of the molecule is COCC(CBr)NC(=O)c1cc(Br)cc(Br)c1. The molecular weight excluding hydrogens is 418 g/mol. The van der Waals surface area contributed by atoms with Crippen LogP contribution in [0.25, 0.3) is 0 Å². The van der Waals surface area contributed by atoms with E-state index in [4.69, 9.17) is 4.74 Å². The molecule has 0 aliphatic heterocycles. The molecule has 0 aliphatic carbocycles. The maximum Gasteiger partial charge on any atom is 0.251 e. The Kier molecular flexibility index (Phi) is 6.69. The van der Waals surface area contributed by atoms with E-state index in [0.717, 1.165) is 8.95 Å². The Hall–Kier alpha value is 0.0900. The first-order valence-electron chi connectivity index (χ1n) is 4.88. The van der Waals surface area contributed by atoms with Gasteiger partial charge in [0.2, 0.25) is 0 Å². The lowest BCUT2D eigenvalue weighted by Crippen LogP contribution is -2.39. The maximum atomic E-state index is 12.0. The summed E-state index contributed by atoms with van der Waals surface area (Å²) in [4.78, 5) is 12.0. The van der Waals surface area contributed by atoms with E-state index in [1.807, 2.05) is 6.07 Å². The van der Waals surface area contributed by atoms with Crippen molar-refractivity contribution in [2.24, 2.45) is 0 Å². The van der Waals surface area contributed by atoms with Crippen LogP contribution in [0.2, 0.25) is 0 Å². The minimum absolute atomic E-state index is 0.0368. The molecule has 0 bridgehead atoms. The van der Waals surface area contributed by atoms with Gasteiger partial charge in [-0.2, -0.15) is 0 Å². The second kappa shape index (κ2) is 7.51. The molecule has 1 rings (SSSR count). The van der Waals surface area contributed by atoms with Crippen LogP contribution >= 0.6 is 47.8 Å². The highest BCUT2D eigenvalue weighted by Gasteiger charge is 2.13. The van der Waals surface area contributed by atoms with E-state index < -0.39 is 0 Å². The molecule has 1 amide bonds. The Balaban J connectivity index is 2.75. The van der Waals surface area contributed by atoms with Crippen LogP contribution in [0.15, 0.2) is 27.1 Å². The van der Waals surface area contributed by atoms with Gasteiger partial charge in [-0.1, -0.05) is 47.8 Å². The fourth-order valence-electron chi connectivity index (χ4n) is 1.28. The van der Waals surface area contributed by atoms with Gasteiger partial charge in [0.05, 0.1) is 12.6 Å². The van der Waals surface area contributed by atoms with Crippen LogP contribution in [0.1, 0.15) is 10.4 Å². The quantitative estimate of drug-likeness (QED) is 0.729. The van der Waals surface area contributed by atoms with E-state index in [9.17, 15) is 4.79 Å². The molecule has 1 unspecified atom stereocenters. The second-order valence-corrected chi connectivity index (χ2v) is 5.92. The lowest BCUT2D eigenvalue weighted by atomic mass is 10.2. The molecular formula is C11H12Br3NO2.